The maximum atomic E-state index is 12.6. The van der Waals surface area contributed by atoms with Crippen molar-refractivity contribution in [2.24, 2.45) is 0 Å². The van der Waals surface area contributed by atoms with Crippen LogP contribution in [0, 0.1) is 0 Å². The number of thioether (sulfide) groups is 1. The number of carbonyl (C=O) groups excluding carboxylic acids is 2. The molecule has 1 N–H and O–H groups in total. The first kappa shape index (κ1) is 21.5. The van der Waals surface area contributed by atoms with Crippen molar-refractivity contribution in [3.63, 3.8) is 0 Å². The number of carbonyl (C=O) groups is 2. The van der Waals surface area contributed by atoms with Crippen LogP contribution in [0.15, 0.2) is 66.0 Å². The van der Waals surface area contributed by atoms with Gasteiger partial charge in [0.1, 0.15) is 0 Å². The Morgan fingerprint density at radius 2 is 1.97 bits per heavy atom. The topological polar surface area (TPSA) is 67.2 Å². The highest BCUT2D eigenvalue weighted by molar-refractivity contribution is 7.99. The Labute approximate surface area is 190 Å². The lowest BCUT2D eigenvalue weighted by Crippen LogP contribution is -2.39. The SMILES string of the molecule is CN(CC(=O)NC1CC1)C(=O)CSc1ncc(-c2ccccc2)n1-c1cccc(Cl)c1. The molecule has 0 saturated heterocycles. The van der Waals surface area contributed by atoms with E-state index < -0.39 is 0 Å². The lowest BCUT2D eigenvalue weighted by Gasteiger charge is -2.17. The summed E-state index contributed by atoms with van der Waals surface area (Å²) in [4.78, 5) is 30.6. The van der Waals surface area contributed by atoms with Crippen molar-refractivity contribution in [1.29, 1.82) is 0 Å². The number of nitrogens with zero attached hydrogens (tertiary/aromatic N) is 3. The number of benzene rings is 2. The van der Waals surface area contributed by atoms with Crippen LogP contribution in [0.4, 0.5) is 0 Å². The van der Waals surface area contributed by atoms with Gasteiger partial charge in [0.25, 0.3) is 0 Å². The number of rotatable bonds is 8. The highest BCUT2D eigenvalue weighted by atomic mass is 35.5. The van der Waals surface area contributed by atoms with Crippen LogP contribution in [0.3, 0.4) is 0 Å². The number of amides is 2. The van der Waals surface area contributed by atoms with E-state index in [-0.39, 0.29) is 30.2 Å². The molecule has 0 bridgehead atoms. The summed E-state index contributed by atoms with van der Waals surface area (Å²) in [6.07, 6.45) is 3.85. The third-order valence-corrected chi connectivity index (χ3v) is 6.11. The second kappa shape index (κ2) is 9.58. The van der Waals surface area contributed by atoms with Gasteiger partial charge in [-0.3, -0.25) is 14.2 Å². The van der Waals surface area contributed by atoms with E-state index >= 15 is 0 Å². The van der Waals surface area contributed by atoms with Crippen LogP contribution in [0.2, 0.25) is 5.02 Å². The molecule has 8 heteroatoms. The molecular weight excluding hydrogens is 432 g/mol. The van der Waals surface area contributed by atoms with Gasteiger partial charge in [0, 0.05) is 29.4 Å². The minimum Gasteiger partial charge on any atom is -0.352 e. The summed E-state index contributed by atoms with van der Waals surface area (Å²) in [5.41, 5.74) is 2.80. The standard InChI is InChI=1S/C23H23ClN4O2S/c1-27(14-21(29)26-18-10-11-18)22(30)15-31-23-25-13-20(16-6-3-2-4-7-16)28(23)19-9-5-8-17(24)12-19/h2-9,12-13,18H,10-11,14-15H2,1H3,(H,26,29). The monoisotopic (exact) mass is 454 g/mol. The maximum absolute atomic E-state index is 12.6. The number of nitrogens with one attached hydrogen (secondary N) is 1. The Hall–Kier alpha value is -2.77. The van der Waals surface area contributed by atoms with Crippen LogP contribution in [0.1, 0.15) is 12.8 Å². The van der Waals surface area contributed by atoms with Gasteiger partial charge in [-0.2, -0.15) is 0 Å². The minimum absolute atomic E-state index is 0.0634. The molecule has 6 nitrogen and oxygen atoms in total. The third kappa shape index (κ3) is 5.48. The minimum atomic E-state index is -0.127. The first-order valence-corrected chi connectivity index (χ1v) is 11.4. The van der Waals surface area contributed by atoms with Crippen LogP contribution < -0.4 is 5.32 Å². The van der Waals surface area contributed by atoms with Crippen molar-refractivity contribution in [2.75, 3.05) is 19.3 Å². The van der Waals surface area contributed by atoms with E-state index in [1.807, 2.05) is 59.2 Å². The quantitative estimate of drug-likeness (QED) is 0.522. The van der Waals surface area contributed by atoms with Crippen LogP contribution in [-0.2, 0) is 9.59 Å². The predicted molar refractivity (Wildman–Crippen MR) is 124 cm³/mol. The molecule has 1 aliphatic carbocycles. The Kier molecular flexibility index (Phi) is 6.63. The molecule has 1 fully saturated rings. The number of likely N-dealkylation sites (N-methyl/N-ethyl adjacent to an activating group) is 1. The average Bonchev–Trinajstić information content (AvgIpc) is 3.47. The van der Waals surface area contributed by atoms with E-state index in [1.165, 1.54) is 16.7 Å². The van der Waals surface area contributed by atoms with Crippen LogP contribution >= 0.6 is 23.4 Å². The smallest absolute Gasteiger partial charge is 0.239 e. The Morgan fingerprint density at radius 3 is 2.68 bits per heavy atom. The number of hydrogen-bond acceptors (Lipinski definition) is 4. The summed E-state index contributed by atoms with van der Waals surface area (Å²) in [6.45, 7) is 0.0634. The van der Waals surface area contributed by atoms with E-state index in [0.29, 0.717) is 10.2 Å². The summed E-state index contributed by atoms with van der Waals surface area (Å²) in [5, 5.41) is 4.21. The van der Waals surface area contributed by atoms with Gasteiger partial charge < -0.3 is 10.2 Å². The van der Waals surface area contributed by atoms with Gasteiger partial charge in [-0.25, -0.2) is 4.98 Å². The number of hydrogen-bond donors (Lipinski definition) is 1. The Bertz CT molecular complexity index is 1080. The molecule has 3 aromatic rings. The Morgan fingerprint density at radius 1 is 1.19 bits per heavy atom. The summed E-state index contributed by atoms with van der Waals surface area (Å²) in [5.74, 6) is -0.0630. The zero-order valence-corrected chi connectivity index (χ0v) is 18.7. The molecule has 0 radical (unpaired) electrons. The largest absolute Gasteiger partial charge is 0.352 e. The van der Waals surface area contributed by atoms with E-state index in [0.717, 1.165) is 29.8 Å². The number of halogens is 1. The first-order chi connectivity index (χ1) is 15.0. The number of aromatic nitrogens is 2. The maximum Gasteiger partial charge on any atom is 0.239 e. The molecule has 1 aromatic heterocycles. The highest BCUT2D eigenvalue weighted by Crippen LogP contribution is 2.30. The molecule has 0 spiro atoms. The lowest BCUT2D eigenvalue weighted by atomic mass is 10.1. The van der Waals surface area contributed by atoms with Crippen molar-refractivity contribution in [3.8, 4) is 16.9 Å². The molecule has 4 rings (SSSR count). The molecule has 2 amide bonds. The summed E-state index contributed by atoms with van der Waals surface area (Å²) >= 11 is 7.57. The van der Waals surface area contributed by atoms with Crippen molar-refractivity contribution in [1.82, 2.24) is 19.8 Å². The van der Waals surface area contributed by atoms with E-state index in [2.05, 4.69) is 10.3 Å². The average molecular weight is 455 g/mol. The molecule has 1 heterocycles. The zero-order chi connectivity index (χ0) is 21.8. The molecule has 160 valence electrons. The summed E-state index contributed by atoms with van der Waals surface area (Å²) in [6, 6.07) is 17.8. The van der Waals surface area contributed by atoms with Crippen molar-refractivity contribution < 1.29 is 9.59 Å². The molecule has 1 saturated carbocycles. The van der Waals surface area contributed by atoms with Gasteiger partial charge in [0.05, 0.1) is 24.2 Å². The molecule has 0 aliphatic heterocycles. The van der Waals surface area contributed by atoms with Crippen molar-refractivity contribution in [2.45, 2.75) is 24.0 Å². The molecule has 31 heavy (non-hydrogen) atoms. The van der Waals surface area contributed by atoms with Gasteiger partial charge in [-0.05, 0) is 31.0 Å². The van der Waals surface area contributed by atoms with Gasteiger partial charge in [0.2, 0.25) is 11.8 Å². The van der Waals surface area contributed by atoms with Crippen molar-refractivity contribution in [3.05, 3.63) is 65.8 Å². The fourth-order valence-corrected chi connectivity index (χ4v) is 4.27. The van der Waals surface area contributed by atoms with E-state index in [1.54, 1.807) is 13.2 Å². The molecule has 2 aromatic carbocycles. The molecule has 0 atom stereocenters. The first-order valence-electron chi connectivity index (χ1n) is 10.1. The van der Waals surface area contributed by atoms with E-state index in [4.69, 9.17) is 11.6 Å². The third-order valence-electron chi connectivity index (χ3n) is 4.94. The van der Waals surface area contributed by atoms with Crippen LogP contribution in [0.5, 0.6) is 0 Å². The van der Waals surface area contributed by atoms with Gasteiger partial charge in [-0.15, -0.1) is 0 Å². The Balaban J connectivity index is 1.52. The molecule has 0 unspecified atom stereocenters. The second-order valence-electron chi connectivity index (χ2n) is 7.49. The second-order valence-corrected chi connectivity index (χ2v) is 8.87. The zero-order valence-electron chi connectivity index (χ0n) is 17.1. The fourth-order valence-electron chi connectivity index (χ4n) is 3.16. The summed E-state index contributed by atoms with van der Waals surface area (Å²) in [7, 11) is 1.65. The van der Waals surface area contributed by atoms with Crippen LogP contribution in [0.25, 0.3) is 16.9 Å². The van der Waals surface area contributed by atoms with Gasteiger partial charge >= 0.3 is 0 Å². The predicted octanol–water partition coefficient (Wildman–Crippen LogP) is 4.02. The fraction of sp³-hybridized carbons (Fsp3) is 0.261. The van der Waals surface area contributed by atoms with Gasteiger partial charge in [-0.1, -0.05) is 59.8 Å². The number of imidazole rings is 1. The lowest BCUT2D eigenvalue weighted by molar-refractivity contribution is -0.132. The van der Waals surface area contributed by atoms with Gasteiger partial charge in [0.15, 0.2) is 5.16 Å². The van der Waals surface area contributed by atoms with Crippen LogP contribution in [-0.4, -0.2) is 51.7 Å². The summed E-state index contributed by atoms with van der Waals surface area (Å²) < 4.78 is 2.00. The highest BCUT2D eigenvalue weighted by Gasteiger charge is 2.24. The normalized spacial score (nSPS) is 13.1. The van der Waals surface area contributed by atoms with E-state index in [9.17, 15) is 9.59 Å². The van der Waals surface area contributed by atoms with Crippen molar-refractivity contribution >= 4 is 35.2 Å². The molecule has 1 aliphatic rings. The molecular formula is C23H23ClN4O2S.